The molecule has 0 aromatic rings. The Labute approximate surface area is 187 Å². The zero-order valence-corrected chi connectivity index (χ0v) is 22.0. The molecular formula is C25H50N2O3. The van der Waals surface area contributed by atoms with Crippen molar-refractivity contribution in [3.8, 4) is 0 Å². The Kier molecular flexibility index (Phi) is 21.0. The number of carbonyl (C=O) groups is 2. The van der Waals surface area contributed by atoms with Crippen LogP contribution in [0.2, 0.25) is 0 Å². The van der Waals surface area contributed by atoms with Crippen LogP contribution in [0.4, 0.5) is 4.79 Å². The first kappa shape index (κ1) is 32.9. The van der Waals surface area contributed by atoms with Gasteiger partial charge in [0.05, 0.1) is 6.04 Å². The third-order valence-electron chi connectivity index (χ3n) is 4.01. The van der Waals surface area contributed by atoms with Gasteiger partial charge in [-0.3, -0.25) is 4.79 Å². The largest absolute Gasteiger partial charge is 0.444 e. The van der Waals surface area contributed by atoms with Crippen molar-refractivity contribution in [2.75, 3.05) is 19.6 Å². The van der Waals surface area contributed by atoms with E-state index >= 15 is 0 Å². The topological polar surface area (TPSA) is 49.9 Å². The number of ether oxygens (including phenoxy) is 1. The quantitative estimate of drug-likeness (QED) is 0.452. The van der Waals surface area contributed by atoms with Gasteiger partial charge in [-0.05, 0) is 53.0 Å². The summed E-state index contributed by atoms with van der Waals surface area (Å²) < 4.78 is 5.50. The third kappa shape index (κ3) is 14.2. The number of rotatable bonds is 5. The highest BCUT2D eigenvalue weighted by Crippen LogP contribution is 2.22. The maximum Gasteiger partial charge on any atom is 0.410 e. The fraction of sp³-hybridized carbons (Fsp3) is 0.760. The van der Waals surface area contributed by atoms with Crippen LogP contribution in [0.15, 0.2) is 23.8 Å². The van der Waals surface area contributed by atoms with Crippen LogP contribution in [0.3, 0.4) is 0 Å². The molecule has 0 aromatic carbocycles. The molecule has 1 aliphatic heterocycles. The third-order valence-corrected chi connectivity index (χ3v) is 4.01. The van der Waals surface area contributed by atoms with E-state index < -0.39 is 5.60 Å². The minimum absolute atomic E-state index is 0.0208. The van der Waals surface area contributed by atoms with Crippen LogP contribution in [-0.2, 0) is 9.53 Å². The lowest BCUT2D eigenvalue weighted by atomic mass is 10.1. The molecule has 5 heteroatoms. The number of allylic oxidation sites excluding steroid dienone is 2. The van der Waals surface area contributed by atoms with Gasteiger partial charge in [-0.1, -0.05) is 59.8 Å². The van der Waals surface area contributed by atoms with E-state index in [1.54, 1.807) is 11.8 Å². The van der Waals surface area contributed by atoms with E-state index in [4.69, 9.17) is 4.74 Å². The molecule has 0 unspecified atom stereocenters. The van der Waals surface area contributed by atoms with Gasteiger partial charge in [0.2, 0.25) is 5.91 Å². The minimum Gasteiger partial charge on any atom is -0.444 e. The Morgan fingerprint density at radius 2 is 1.60 bits per heavy atom. The Hall–Kier alpha value is -1.78. The molecule has 0 aromatic heterocycles. The zero-order chi connectivity index (χ0) is 24.3. The number of amides is 2. The monoisotopic (exact) mass is 426 g/mol. The number of hydrogen-bond acceptors (Lipinski definition) is 3. The molecule has 1 atom stereocenters. The number of carbonyl (C=O) groups excluding carboxylic acids is 2. The van der Waals surface area contributed by atoms with E-state index in [1.807, 2.05) is 99.3 Å². The predicted octanol–water partition coefficient (Wildman–Crippen LogP) is 6.84. The van der Waals surface area contributed by atoms with E-state index in [0.29, 0.717) is 19.6 Å². The molecule has 1 aliphatic rings. The fourth-order valence-corrected chi connectivity index (χ4v) is 2.82. The SMILES string of the molecule is C/C=C\C(=C/C)CN(C[C@@H]1CCCN1C(=O)OC(C)(C)C)C(C)=O.CC.CC.CC. The molecule has 1 rings (SSSR count). The van der Waals surface area contributed by atoms with Crippen LogP contribution in [0.1, 0.15) is 95.9 Å². The number of nitrogens with zero attached hydrogens (tertiary/aromatic N) is 2. The zero-order valence-electron chi connectivity index (χ0n) is 22.0. The molecule has 0 N–H and O–H groups in total. The molecule has 5 nitrogen and oxygen atoms in total. The number of likely N-dealkylation sites (tertiary alicyclic amines) is 1. The van der Waals surface area contributed by atoms with Crippen molar-refractivity contribution in [1.29, 1.82) is 0 Å². The summed E-state index contributed by atoms with van der Waals surface area (Å²) in [6.07, 6.45) is 7.55. The van der Waals surface area contributed by atoms with Crippen molar-refractivity contribution in [2.24, 2.45) is 0 Å². The highest BCUT2D eigenvalue weighted by atomic mass is 16.6. The number of hydrogen-bond donors (Lipinski definition) is 0. The molecule has 178 valence electrons. The first-order valence-electron chi connectivity index (χ1n) is 11.7. The van der Waals surface area contributed by atoms with Crippen molar-refractivity contribution in [3.05, 3.63) is 23.8 Å². The molecule has 0 radical (unpaired) electrons. The molecule has 0 saturated carbocycles. The smallest absolute Gasteiger partial charge is 0.410 e. The molecule has 1 heterocycles. The maximum absolute atomic E-state index is 12.4. The Balaban J connectivity index is -0.00000111. The summed E-state index contributed by atoms with van der Waals surface area (Å²) in [5.41, 5.74) is 0.587. The van der Waals surface area contributed by atoms with Gasteiger partial charge >= 0.3 is 6.09 Å². The normalized spacial score (nSPS) is 15.8. The molecule has 0 spiro atoms. The maximum atomic E-state index is 12.4. The summed E-state index contributed by atoms with van der Waals surface area (Å²) >= 11 is 0. The van der Waals surface area contributed by atoms with Crippen LogP contribution in [0.5, 0.6) is 0 Å². The standard InChI is InChI=1S/C19H32N2O3.3C2H6/c1-7-10-16(8-2)13-20(15(3)22)14-17-11-9-12-21(17)18(23)24-19(4,5)6;3*1-2/h7-8,10,17H,9,11-14H2,1-6H3;3*1-2H3/b10-7-,16-8+;;;/t17-;;;/m0.../s1. The van der Waals surface area contributed by atoms with Crippen molar-refractivity contribution in [1.82, 2.24) is 9.80 Å². The van der Waals surface area contributed by atoms with Gasteiger partial charge in [-0.15, -0.1) is 0 Å². The average molecular weight is 427 g/mol. The lowest BCUT2D eigenvalue weighted by Gasteiger charge is -2.32. The van der Waals surface area contributed by atoms with Crippen molar-refractivity contribution >= 4 is 12.0 Å². The summed E-state index contributed by atoms with van der Waals surface area (Å²) in [7, 11) is 0. The summed E-state index contributed by atoms with van der Waals surface area (Å²) in [6.45, 7) is 24.9. The van der Waals surface area contributed by atoms with Crippen LogP contribution in [-0.4, -0.2) is 53.1 Å². The highest BCUT2D eigenvalue weighted by Gasteiger charge is 2.33. The molecule has 1 fully saturated rings. The van der Waals surface area contributed by atoms with Gasteiger partial charge in [0.25, 0.3) is 0 Å². The van der Waals surface area contributed by atoms with Crippen LogP contribution in [0, 0.1) is 0 Å². The van der Waals surface area contributed by atoms with Gasteiger partial charge < -0.3 is 14.5 Å². The van der Waals surface area contributed by atoms with E-state index in [1.165, 1.54) is 0 Å². The van der Waals surface area contributed by atoms with Gasteiger partial charge in [-0.25, -0.2) is 4.79 Å². The summed E-state index contributed by atoms with van der Waals surface area (Å²) in [5, 5.41) is 0. The van der Waals surface area contributed by atoms with E-state index in [-0.39, 0.29) is 18.0 Å². The van der Waals surface area contributed by atoms with Gasteiger partial charge in [-0.2, -0.15) is 0 Å². The minimum atomic E-state index is -0.505. The molecule has 0 aliphatic carbocycles. The van der Waals surface area contributed by atoms with E-state index in [0.717, 1.165) is 18.4 Å². The second kappa shape index (κ2) is 19.2. The molecule has 30 heavy (non-hydrogen) atoms. The lowest BCUT2D eigenvalue weighted by molar-refractivity contribution is -0.129. The van der Waals surface area contributed by atoms with E-state index in [9.17, 15) is 9.59 Å². The molecular weight excluding hydrogens is 376 g/mol. The van der Waals surface area contributed by atoms with Crippen molar-refractivity contribution < 1.29 is 14.3 Å². The van der Waals surface area contributed by atoms with Gasteiger partial charge in [0.15, 0.2) is 0 Å². The second-order valence-electron chi connectivity index (χ2n) is 7.23. The van der Waals surface area contributed by atoms with Gasteiger partial charge in [0, 0.05) is 26.6 Å². The lowest BCUT2D eigenvalue weighted by Crippen LogP contribution is -2.46. The predicted molar refractivity (Wildman–Crippen MR) is 131 cm³/mol. The first-order valence-corrected chi connectivity index (χ1v) is 11.7. The Bertz CT molecular complexity index is 505. The average Bonchev–Trinajstić information content (AvgIpc) is 3.18. The summed E-state index contributed by atoms with van der Waals surface area (Å²) in [5.74, 6) is 0.0230. The van der Waals surface area contributed by atoms with Crippen molar-refractivity contribution in [3.63, 3.8) is 0 Å². The van der Waals surface area contributed by atoms with Crippen molar-refractivity contribution in [2.45, 2.75) is 108 Å². The molecule has 0 bridgehead atoms. The van der Waals surface area contributed by atoms with E-state index in [2.05, 4.69) is 0 Å². The first-order chi connectivity index (χ1) is 14.2. The Morgan fingerprint density at radius 3 is 2.00 bits per heavy atom. The molecule has 1 saturated heterocycles. The van der Waals surface area contributed by atoms with Crippen LogP contribution >= 0.6 is 0 Å². The summed E-state index contributed by atoms with van der Waals surface area (Å²) in [6, 6.07) is 0.0208. The molecule has 2 amide bonds. The van der Waals surface area contributed by atoms with Gasteiger partial charge in [0.1, 0.15) is 5.60 Å². The fourth-order valence-electron chi connectivity index (χ4n) is 2.82. The van der Waals surface area contributed by atoms with Crippen LogP contribution < -0.4 is 0 Å². The summed E-state index contributed by atoms with van der Waals surface area (Å²) in [4.78, 5) is 28.0. The second-order valence-corrected chi connectivity index (χ2v) is 7.23. The Morgan fingerprint density at radius 1 is 1.07 bits per heavy atom. The highest BCUT2D eigenvalue weighted by molar-refractivity contribution is 5.74. The van der Waals surface area contributed by atoms with Crippen LogP contribution in [0.25, 0.3) is 0 Å².